The van der Waals surface area contributed by atoms with Crippen LogP contribution in [0.2, 0.25) is 0 Å². The SMILES string of the molecule is COc1cccc(OC)c1C(=O)c1csc(C)c1. The molecule has 3 nitrogen and oxygen atoms in total. The fourth-order valence-electron chi connectivity index (χ4n) is 1.78. The summed E-state index contributed by atoms with van der Waals surface area (Å²) in [5, 5.41) is 1.85. The molecule has 2 rings (SSSR count). The van der Waals surface area contributed by atoms with Gasteiger partial charge in [0, 0.05) is 15.8 Å². The van der Waals surface area contributed by atoms with Crippen molar-refractivity contribution in [2.75, 3.05) is 14.2 Å². The van der Waals surface area contributed by atoms with Crippen molar-refractivity contribution in [1.82, 2.24) is 0 Å². The van der Waals surface area contributed by atoms with Crippen molar-refractivity contribution >= 4 is 17.1 Å². The van der Waals surface area contributed by atoms with Crippen LogP contribution in [0, 0.1) is 6.92 Å². The second-order valence-corrected chi connectivity index (χ2v) is 4.93. The van der Waals surface area contributed by atoms with E-state index in [9.17, 15) is 4.79 Å². The molecule has 0 spiro atoms. The number of thiophene rings is 1. The Labute approximate surface area is 110 Å². The molecule has 94 valence electrons. The van der Waals surface area contributed by atoms with E-state index in [2.05, 4.69) is 0 Å². The molecule has 1 aromatic carbocycles. The summed E-state index contributed by atoms with van der Waals surface area (Å²) < 4.78 is 10.5. The minimum absolute atomic E-state index is 0.0753. The second kappa shape index (κ2) is 5.23. The highest BCUT2D eigenvalue weighted by Crippen LogP contribution is 2.31. The quantitative estimate of drug-likeness (QED) is 0.793. The van der Waals surface area contributed by atoms with Gasteiger partial charge in [-0.3, -0.25) is 4.79 Å². The first kappa shape index (κ1) is 12.6. The summed E-state index contributed by atoms with van der Waals surface area (Å²) in [6.07, 6.45) is 0. The maximum absolute atomic E-state index is 12.5. The van der Waals surface area contributed by atoms with Crippen molar-refractivity contribution in [2.45, 2.75) is 6.92 Å². The zero-order valence-electron chi connectivity index (χ0n) is 10.5. The van der Waals surface area contributed by atoms with Gasteiger partial charge < -0.3 is 9.47 Å². The van der Waals surface area contributed by atoms with E-state index in [0.717, 1.165) is 4.88 Å². The number of carbonyl (C=O) groups is 1. The van der Waals surface area contributed by atoms with Gasteiger partial charge in [-0.1, -0.05) is 6.07 Å². The third-order valence-corrected chi connectivity index (χ3v) is 3.51. The van der Waals surface area contributed by atoms with Crippen molar-refractivity contribution in [1.29, 1.82) is 0 Å². The van der Waals surface area contributed by atoms with Crippen LogP contribution >= 0.6 is 11.3 Å². The normalized spacial score (nSPS) is 10.2. The second-order valence-electron chi connectivity index (χ2n) is 3.81. The molecule has 0 saturated carbocycles. The molecule has 0 aliphatic carbocycles. The van der Waals surface area contributed by atoms with Crippen LogP contribution in [-0.4, -0.2) is 20.0 Å². The van der Waals surface area contributed by atoms with Crippen LogP contribution < -0.4 is 9.47 Å². The fraction of sp³-hybridized carbons (Fsp3) is 0.214. The Balaban J connectivity index is 2.52. The van der Waals surface area contributed by atoms with Crippen LogP contribution in [0.3, 0.4) is 0 Å². The summed E-state index contributed by atoms with van der Waals surface area (Å²) in [4.78, 5) is 13.6. The van der Waals surface area contributed by atoms with Gasteiger partial charge in [0.05, 0.1) is 14.2 Å². The van der Waals surface area contributed by atoms with Gasteiger partial charge in [-0.15, -0.1) is 11.3 Å². The van der Waals surface area contributed by atoms with E-state index < -0.39 is 0 Å². The summed E-state index contributed by atoms with van der Waals surface area (Å²) in [6.45, 7) is 1.97. The smallest absolute Gasteiger partial charge is 0.201 e. The number of aryl methyl sites for hydroxylation is 1. The molecule has 0 bridgehead atoms. The van der Waals surface area contributed by atoms with Crippen LogP contribution in [-0.2, 0) is 0 Å². The number of benzene rings is 1. The average molecular weight is 262 g/mol. The van der Waals surface area contributed by atoms with Gasteiger partial charge in [0.25, 0.3) is 0 Å². The van der Waals surface area contributed by atoms with Crippen LogP contribution in [0.15, 0.2) is 29.6 Å². The van der Waals surface area contributed by atoms with Crippen molar-refractivity contribution in [3.8, 4) is 11.5 Å². The summed E-state index contributed by atoms with van der Waals surface area (Å²) >= 11 is 1.55. The van der Waals surface area contributed by atoms with Crippen molar-refractivity contribution in [3.05, 3.63) is 45.6 Å². The lowest BCUT2D eigenvalue weighted by Crippen LogP contribution is -2.05. The maximum atomic E-state index is 12.5. The topological polar surface area (TPSA) is 35.5 Å². The number of methoxy groups -OCH3 is 2. The Kier molecular flexibility index (Phi) is 3.67. The van der Waals surface area contributed by atoms with Crippen LogP contribution in [0.5, 0.6) is 11.5 Å². The molecule has 0 aliphatic rings. The van der Waals surface area contributed by atoms with E-state index in [4.69, 9.17) is 9.47 Å². The predicted molar refractivity (Wildman–Crippen MR) is 72.0 cm³/mol. The van der Waals surface area contributed by atoms with Crippen molar-refractivity contribution in [2.24, 2.45) is 0 Å². The molecule has 18 heavy (non-hydrogen) atoms. The molecule has 1 aromatic heterocycles. The van der Waals surface area contributed by atoms with Crippen molar-refractivity contribution < 1.29 is 14.3 Å². The molecule has 0 fully saturated rings. The van der Waals surface area contributed by atoms with Gasteiger partial charge >= 0.3 is 0 Å². The van der Waals surface area contributed by atoms with E-state index in [-0.39, 0.29) is 5.78 Å². The molecule has 4 heteroatoms. The van der Waals surface area contributed by atoms with Crippen LogP contribution in [0.1, 0.15) is 20.8 Å². The average Bonchev–Trinajstić information content (AvgIpc) is 2.83. The highest BCUT2D eigenvalue weighted by molar-refractivity contribution is 7.10. The van der Waals surface area contributed by atoms with Gasteiger partial charge in [-0.2, -0.15) is 0 Å². The van der Waals surface area contributed by atoms with E-state index >= 15 is 0 Å². The summed E-state index contributed by atoms with van der Waals surface area (Å²) in [7, 11) is 3.09. The minimum atomic E-state index is -0.0753. The Morgan fingerprint density at radius 3 is 2.22 bits per heavy atom. The maximum Gasteiger partial charge on any atom is 0.201 e. The standard InChI is InChI=1S/C14H14O3S/c1-9-7-10(8-18-9)14(15)13-11(16-2)5-4-6-12(13)17-3/h4-8H,1-3H3. The Hall–Kier alpha value is -1.81. The summed E-state index contributed by atoms with van der Waals surface area (Å²) in [6, 6.07) is 7.19. The first-order valence-electron chi connectivity index (χ1n) is 5.48. The van der Waals surface area contributed by atoms with E-state index in [1.807, 2.05) is 18.4 Å². The summed E-state index contributed by atoms with van der Waals surface area (Å²) in [5.41, 5.74) is 1.14. The zero-order chi connectivity index (χ0) is 13.1. The first-order valence-corrected chi connectivity index (χ1v) is 6.36. The largest absolute Gasteiger partial charge is 0.496 e. The van der Waals surface area contributed by atoms with Gasteiger partial charge in [0.2, 0.25) is 5.78 Å². The lowest BCUT2D eigenvalue weighted by atomic mass is 10.0. The third kappa shape index (κ3) is 2.24. The number of hydrogen-bond acceptors (Lipinski definition) is 4. The van der Waals surface area contributed by atoms with Gasteiger partial charge in [0.15, 0.2) is 0 Å². The molecule has 0 radical (unpaired) electrons. The van der Waals surface area contributed by atoms with Crippen LogP contribution in [0.25, 0.3) is 0 Å². The molecule has 0 N–H and O–H groups in total. The molecule has 0 atom stereocenters. The van der Waals surface area contributed by atoms with Crippen molar-refractivity contribution in [3.63, 3.8) is 0 Å². The molecular formula is C14H14O3S. The first-order chi connectivity index (χ1) is 8.67. The molecule has 0 amide bonds. The lowest BCUT2D eigenvalue weighted by Gasteiger charge is -2.11. The minimum Gasteiger partial charge on any atom is -0.496 e. The predicted octanol–water partition coefficient (Wildman–Crippen LogP) is 3.30. The number of rotatable bonds is 4. The number of ether oxygens (including phenoxy) is 2. The molecule has 0 saturated heterocycles. The number of carbonyl (C=O) groups excluding carboxylic acids is 1. The lowest BCUT2D eigenvalue weighted by molar-refractivity contribution is 0.103. The molecule has 0 unspecified atom stereocenters. The number of hydrogen-bond donors (Lipinski definition) is 0. The zero-order valence-corrected chi connectivity index (χ0v) is 11.3. The Morgan fingerprint density at radius 1 is 1.17 bits per heavy atom. The molecule has 0 aliphatic heterocycles. The number of ketones is 1. The highest BCUT2D eigenvalue weighted by Gasteiger charge is 2.20. The van der Waals surface area contributed by atoms with E-state index in [1.165, 1.54) is 0 Å². The Bertz CT molecular complexity index is 550. The monoisotopic (exact) mass is 262 g/mol. The van der Waals surface area contributed by atoms with Gasteiger partial charge in [-0.05, 0) is 25.1 Å². The Morgan fingerprint density at radius 2 is 1.78 bits per heavy atom. The van der Waals surface area contributed by atoms with Gasteiger partial charge in [-0.25, -0.2) is 0 Å². The molecule has 1 heterocycles. The van der Waals surface area contributed by atoms with Crippen LogP contribution in [0.4, 0.5) is 0 Å². The van der Waals surface area contributed by atoms with Gasteiger partial charge in [0.1, 0.15) is 17.1 Å². The highest BCUT2D eigenvalue weighted by atomic mass is 32.1. The summed E-state index contributed by atoms with van der Waals surface area (Å²) in [5.74, 6) is 0.986. The third-order valence-electron chi connectivity index (χ3n) is 2.65. The fourth-order valence-corrected chi connectivity index (χ4v) is 2.46. The molecule has 2 aromatic rings. The van der Waals surface area contributed by atoms with E-state index in [1.54, 1.807) is 43.8 Å². The molecular weight excluding hydrogens is 248 g/mol. The van der Waals surface area contributed by atoms with E-state index in [0.29, 0.717) is 22.6 Å².